The molecule has 0 aromatic carbocycles. The fourth-order valence-corrected chi connectivity index (χ4v) is 5.58. The van der Waals surface area contributed by atoms with Crippen LogP contribution in [0, 0.1) is 5.41 Å². The van der Waals surface area contributed by atoms with Crippen LogP contribution in [0.1, 0.15) is 174 Å². The van der Waals surface area contributed by atoms with E-state index in [2.05, 4.69) is 6.92 Å². The Morgan fingerprint density at radius 3 is 1.43 bits per heavy atom. The van der Waals surface area contributed by atoms with Crippen LogP contribution in [0.2, 0.25) is 0 Å². The Morgan fingerprint density at radius 1 is 0.591 bits per heavy atom. The highest BCUT2D eigenvalue weighted by Crippen LogP contribution is 2.37. The maximum absolute atomic E-state index is 13.4. The monoisotopic (exact) mass is 628 g/mol. The number of carbonyl (C=O) groups is 4. The number of carboxylic acid groups (broad SMARTS) is 2. The number of ether oxygens (including phenoxy) is 2. The molecular formula is C35H64O9. The summed E-state index contributed by atoms with van der Waals surface area (Å²) in [4.78, 5) is 46.4. The van der Waals surface area contributed by atoms with Gasteiger partial charge in [0.15, 0.2) is 6.10 Å². The van der Waals surface area contributed by atoms with Crippen LogP contribution in [-0.4, -0.2) is 58.5 Å². The minimum Gasteiger partial charge on any atom is -0.481 e. The van der Waals surface area contributed by atoms with Crippen LogP contribution in [-0.2, 0) is 28.7 Å². The summed E-state index contributed by atoms with van der Waals surface area (Å²) in [6.07, 6.45) is 21.8. The fraction of sp³-hybridized carbons (Fsp3) is 0.886. The molecule has 3 N–H and O–H groups in total. The van der Waals surface area contributed by atoms with Gasteiger partial charge < -0.3 is 24.8 Å². The summed E-state index contributed by atoms with van der Waals surface area (Å²) in [6.45, 7) is 3.49. The minimum atomic E-state index is -0.909. The van der Waals surface area contributed by atoms with E-state index in [9.17, 15) is 24.3 Å². The van der Waals surface area contributed by atoms with Crippen molar-refractivity contribution in [2.45, 2.75) is 180 Å². The zero-order chi connectivity index (χ0) is 32.9. The van der Waals surface area contributed by atoms with Crippen LogP contribution in [0.15, 0.2) is 0 Å². The van der Waals surface area contributed by atoms with E-state index in [0.717, 1.165) is 64.2 Å². The number of hydrogen-bond acceptors (Lipinski definition) is 7. The van der Waals surface area contributed by atoms with Gasteiger partial charge in [0.05, 0.1) is 12.0 Å². The Hall–Kier alpha value is -2.16. The lowest BCUT2D eigenvalue weighted by Crippen LogP contribution is -2.38. The van der Waals surface area contributed by atoms with Crippen molar-refractivity contribution in [1.82, 2.24) is 0 Å². The third-order valence-corrected chi connectivity index (χ3v) is 8.59. The first-order valence-corrected chi connectivity index (χ1v) is 17.6. The van der Waals surface area contributed by atoms with Crippen molar-refractivity contribution in [3.05, 3.63) is 0 Å². The molecule has 0 saturated carbocycles. The largest absolute Gasteiger partial charge is 0.481 e. The van der Waals surface area contributed by atoms with Crippen molar-refractivity contribution < 1.29 is 44.0 Å². The van der Waals surface area contributed by atoms with Crippen molar-refractivity contribution >= 4 is 23.9 Å². The van der Waals surface area contributed by atoms with E-state index in [1.165, 1.54) is 57.8 Å². The molecule has 2 atom stereocenters. The molecule has 0 aliphatic heterocycles. The van der Waals surface area contributed by atoms with Crippen LogP contribution in [0.3, 0.4) is 0 Å². The zero-order valence-corrected chi connectivity index (χ0v) is 28.0. The van der Waals surface area contributed by atoms with Crippen molar-refractivity contribution in [2.24, 2.45) is 5.41 Å². The Labute approximate surface area is 266 Å². The SMILES string of the molecule is CCCCC(CC)(CCCCCCCCCCCCCCCCCC(=O)O)C(=O)OC(CO)COC(=O)CCCCC(=O)O. The smallest absolute Gasteiger partial charge is 0.312 e. The van der Waals surface area contributed by atoms with Gasteiger partial charge in [0.25, 0.3) is 0 Å². The fourth-order valence-electron chi connectivity index (χ4n) is 5.58. The lowest BCUT2D eigenvalue weighted by molar-refractivity contribution is -0.172. The quantitative estimate of drug-likeness (QED) is 0.0493. The molecule has 0 saturated heterocycles. The van der Waals surface area contributed by atoms with Gasteiger partial charge in [-0.25, -0.2) is 0 Å². The molecule has 9 nitrogen and oxygen atoms in total. The highest BCUT2D eigenvalue weighted by molar-refractivity contribution is 5.77. The maximum Gasteiger partial charge on any atom is 0.312 e. The second kappa shape index (κ2) is 28.3. The number of carbonyl (C=O) groups excluding carboxylic acids is 2. The summed E-state index contributed by atoms with van der Waals surface area (Å²) in [6, 6.07) is 0. The van der Waals surface area contributed by atoms with Crippen molar-refractivity contribution in [3.8, 4) is 0 Å². The standard InChI is InChI=1S/C35H64O9/c1-3-5-26-35(4-2,34(42)44-30(28-36)29-43-33(41)25-21-20-24-32(39)40)27-22-18-16-14-12-10-8-6-7-9-11-13-15-17-19-23-31(37)38/h30,36H,3-29H2,1-2H3,(H,37,38)(H,39,40). The highest BCUT2D eigenvalue weighted by Gasteiger charge is 2.38. The number of aliphatic hydroxyl groups excluding tert-OH is 1. The summed E-state index contributed by atoms with van der Waals surface area (Å²) in [5.41, 5.74) is -0.595. The first kappa shape index (κ1) is 41.8. The summed E-state index contributed by atoms with van der Waals surface area (Å²) < 4.78 is 10.9. The van der Waals surface area contributed by atoms with Gasteiger partial charge in [0.2, 0.25) is 0 Å². The van der Waals surface area contributed by atoms with Crippen LogP contribution in [0.5, 0.6) is 0 Å². The van der Waals surface area contributed by atoms with Crippen molar-refractivity contribution in [2.75, 3.05) is 13.2 Å². The van der Waals surface area contributed by atoms with E-state index >= 15 is 0 Å². The molecule has 2 unspecified atom stereocenters. The zero-order valence-electron chi connectivity index (χ0n) is 28.0. The van der Waals surface area contributed by atoms with Gasteiger partial charge in [-0.3, -0.25) is 19.2 Å². The molecule has 0 aliphatic carbocycles. The first-order chi connectivity index (χ1) is 21.2. The van der Waals surface area contributed by atoms with Crippen LogP contribution in [0.4, 0.5) is 0 Å². The number of aliphatic carboxylic acids is 2. The molecule has 0 aromatic rings. The first-order valence-electron chi connectivity index (χ1n) is 17.6. The normalized spacial score (nSPS) is 13.2. The molecule has 0 fully saturated rings. The summed E-state index contributed by atoms with van der Waals surface area (Å²) >= 11 is 0. The molecule has 0 amide bonds. The number of unbranched alkanes of at least 4 members (excludes halogenated alkanes) is 16. The van der Waals surface area contributed by atoms with E-state index in [0.29, 0.717) is 25.7 Å². The van der Waals surface area contributed by atoms with E-state index in [1.54, 1.807) is 0 Å². The molecule has 0 rings (SSSR count). The van der Waals surface area contributed by atoms with E-state index in [-0.39, 0.29) is 25.4 Å². The van der Waals surface area contributed by atoms with Gasteiger partial charge in [-0.15, -0.1) is 0 Å². The Balaban J connectivity index is 4.23. The molecule has 44 heavy (non-hydrogen) atoms. The molecule has 0 spiro atoms. The summed E-state index contributed by atoms with van der Waals surface area (Å²) in [7, 11) is 0. The molecule has 258 valence electrons. The van der Waals surface area contributed by atoms with E-state index in [4.69, 9.17) is 19.7 Å². The van der Waals surface area contributed by atoms with Gasteiger partial charge in [0.1, 0.15) is 6.61 Å². The van der Waals surface area contributed by atoms with Gasteiger partial charge in [0, 0.05) is 19.3 Å². The number of hydrogen-bond donors (Lipinski definition) is 3. The highest BCUT2D eigenvalue weighted by atomic mass is 16.6. The summed E-state index contributed by atoms with van der Waals surface area (Å²) in [5.74, 6) is -2.40. The van der Waals surface area contributed by atoms with Gasteiger partial charge >= 0.3 is 23.9 Å². The summed E-state index contributed by atoms with van der Waals surface area (Å²) in [5, 5.41) is 27.1. The van der Waals surface area contributed by atoms with Crippen molar-refractivity contribution in [1.29, 1.82) is 0 Å². The molecule has 9 heteroatoms. The number of carboxylic acids is 2. The van der Waals surface area contributed by atoms with E-state index in [1.807, 2.05) is 6.92 Å². The minimum absolute atomic E-state index is 0.00359. The number of esters is 2. The van der Waals surface area contributed by atoms with Crippen LogP contribution >= 0.6 is 0 Å². The lowest BCUT2D eigenvalue weighted by Gasteiger charge is -2.32. The topological polar surface area (TPSA) is 147 Å². The molecule has 0 heterocycles. The second-order valence-corrected chi connectivity index (χ2v) is 12.4. The van der Waals surface area contributed by atoms with Gasteiger partial charge in [-0.2, -0.15) is 0 Å². The lowest BCUT2D eigenvalue weighted by atomic mass is 9.76. The Kier molecular flexibility index (Phi) is 26.9. The van der Waals surface area contributed by atoms with Gasteiger partial charge in [-0.1, -0.05) is 117 Å². The van der Waals surface area contributed by atoms with Crippen LogP contribution in [0.25, 0.3) is 0 Å². The Morgan fingerprint density at radius 2 is 1.00 bits per heavy atom. The Bertz CT molecular complexity index is 754. The average Bonchev–Trinajstić information content (AvgIpc) is 3.00. The maximum atomic E-state index is 13.4. The predicted octanol–water partition coefficient (Wildman–Crippen LogP) is 8.38. The average molecular weight is 629 g/mol. The molecule has 0 aliphatic rings. The van der Waals surface area contributed by atoms with E-state index < -0.39 is 36.0 Å². The molecule has 0 bridgehead atoms. The number of aliphatic hydroxyl groups is 1. The van der Waals surface area contributed by atoms with Crippen molar-refractivity contribution in [3.63, 3.8) is 0 Å². The molecule has 0 aromatic heterocycles. The second-order valence-electron chi connectivity index (χ2n) is 12.4. The third-order valence-electron chi connectivity index (χ3n) is 8.59. The molecular weight excluding hydrogens is 564 g/mol. The van der Waals surface area contributed by atoms with Gasteiger partial charge in [-0.05, 0) is 38.5 Å². The molecule has 0 radical (unpaired) electrons. The third kappa shape index (κ3) is 23.3. The number of rotatable bonds is 32. The predicted molar refractivity (Wildman–Crippen MR) is 172 cm³/mol. The van der Waals surface area contributed by atoms with Crippen LogP contribution < -0.4 is 0 Å².